The summed E-state index contributed by atoms with van der Waals surface area (Å²) in [5, 5.41) is 16.7. The molecule has 2 aromatic heterocycles. The fourth-order valence-electron chi connectivity index (χ4n) is 3.48. The van der Waals surface area contributed by atoms with Crippen LogP contribution in [-0.4, -0.2) is 41.2 Å². The van der Waals surface area contributed by atoms with Crippen LogP contribution in [-0.2, 0) is 11.3 Å². The Morgan fingerprint density at radius 2 is 2.00 bits per heavy atom. The van der Waals surface area contributed by atoms with E-state index in [0.29, 0.717) is 10.8 Å². The first-order valence-electron chi connectivity index (χ1n) is 8.72. The number of β-lactam (4-membered cyclic amide) rings is 1. The molecule has 11 heteroatoms. The third-order valence-corrected chi connectivity index (χ3v) is 5.76. The molecule has 2 atom stereocenters. The van der Waals surface area contributed by atoms with Crippen molar-refractivity contribution in [1.82, 2.24) is 29.9 Å². The van der Waals surface area contributed by atoms with E-state index in [2.05, 4.69) is 20.5 Å². The maximum Gasteiger partial charge on any atom is 0.262 e. The lowest BCUT2D eigenvalue weighted by molar-refractivity contribution is -0.126. The Kier molecular flexibility index (Phi) is 4.38. The molecule has 1 saturated heterocycles. The van der Waals surface area contributed by atoms with Gasteiger partial charge in [-0.1, -0.05) is 41.1 Å². The molecule has 1 amide bonds. The number of carbonyl (C=O) groups excluding carboxylic acids is 1. The van der Waals surface area contributed by atoms with Crippen LogP contribution in [0.1, 0.15) is 17.4 Å². The van der Waals surface area contributed by atoms with Crippen molar-refractivity contribution in [3.63, 3.8) is 0 Å². The molecule has 0 aliphatic carbocycles. The Morgan fingerprint density at radius 1 is 1.17 bits per heavy atom. The molecule has 5 rings (SSSR count). The van der Waals surface area contributed by atoms with Crippen molar-refractivity contribution in [3.8, 4) is 0 Å². The Labute approximate surface area is 179 Å². The molecule has 29 heavy (non-hydrogen) atoms. The molecule has 1 aliphatic heterocycles. The number of rotatable bonds is 4. The van der Waals surface area contributed by atoms with Gasteiger partial charge in [0, 0.05) is 5.02 Å². The number of nitrogens with one attached hydrogen (secondary N) is 1. The average molecular weight is 446 g/mol. The molecule has 1 fully saturated rings. The average Bonchev–Trinajstić information content (AvgIpc) is 3.29. The van der Waals surface area contributed by atoms with E-state index >= 15 is 0 Å². The number of aromatic nitrogens is 6. The van der Waals surface area contributed by atoms with Crippen molar-refractivity contribution in [2.24, 2.45) is 0 Å². The van der Waals surface area contributed by atoms with E-state index in [1.807, 2.05) is 36.4 Å². The van der Waals surface area contributed by atoms with Crippen LogP contribution in [0.5, 0.6) is 0 Å². The predicted molar refractivity (Wildman–Crippen MR) is 111 cm³/mol. The molecule has 2 unspecified atom stereocenters. The fourth-order valence-corrected chi connectivity index (χ4v) is 4.27. The normalized spacial score (nSPS) is 19.0. The van der Waals surface area contributed by atoms with Crippen LogP contribution in [0.2, 0.25) is 5.02 Å². The first kappa shape index (κ1) is 18.3. The van der Waals surface area contributed by atoms with Crippen LogP contribution in [0, 0.1) is 4.77 Å². The molecule has 3 heterocycles. The van der Waals surface area contributed by atoms with Gasteiger partial charge in [0.1, 0.15) is 23.5 Å². The minimum atomic E-state index is -0.717. The zero-order chi connectivity index (χ0) is 20.1. The third-order valence-electron chi connectivity index (χ3n) is 4.84. The van der Waals surface area contributed by atoms with Gasteiger partial charge in [0.05, 0.1) is 5.52 Å². The molecule has 0 spiro atoms. The minimum Gasteiger partial charge on any atom is -0.271 e. The number of aromatic amines is 1. The van der Waals surface area contributed by atoms with Crippen molar-refractivity contribution >= 4 is 52.4 Å². The van der Waals surface area contributed by atoms with Gasteiger partial charge in [0.25, 0.3) is 5.91 Å². The second kappa shape index (κ2) is 6.94. The topological polar surface area (TPSA) is 84.6 Å². The number of alkyl halides is 1. The Morgan fingerprint density at radius 3 is 2.83 bits per heavy atom. The monoisotopic (exact) mass is 445 g/mol. The van der Waals surface area contributed by atoms with Crippen LogP contribution >= 0.6 is 35.4 Å². The van der Waals surface area contributed by atoms with Crippen molar-refractivity contribution in [2.45, 2.75) is 18.0 Å². The third kappa shape index (κ3) is 2.93. The van der Waals surface area contributed by atoms with Gasteiger partial charge in [-0.3, -0.25) is 9.89 Å². The van der Waals surface area contributed by atoms with Crippen molar-refractivity contribution in [2.75, 3.05) is 5.01 Å². The summed E-state index contributed by atoms with van der Waals surface area (Å²) in [4.78, 5) is 12.7. The maximum absolute atomic E-state index is 12.7. The summed E-state index contributed by atoms with van der Waals surface area (Å²) < 4.78 is 3.56. The Hall–Kier alpha value is -2.75. The summed E-state index contributed by atoms with van der Waals surface area (Å²) >= 11 is 17.9. The number of carbonyl (C=O) groups is 1. The van der Waals surface area contributed by atoms with Gasteiger partial charge >= 0.3 is 0 Å². The summed E-state index contributed by atoms with van der Waals surface area (Å²) in [5.74, 6) is 0.244. The molecule has 2 aromatic carbocycles. The van der Waals surface area contributed by atoms with Crippen LogP contribution in [0.15, 0.2) is 48.5 Å². The van der Waals surface area contributed by atoms with Crippen molar-refractivity contribution in [1.29, 1.82) is 0 Å². The lowest BCUT2D eigenvalue weighted by Crippen LogP contribution is -2.62. The van der Waals surface area contributed by atoms with Gasteiger partial charge in [-0.2, -0.15) is 5.10 Å². The second-order valence-corrected chi connectivity index (χ2v) is 7.87. The number of hydrogen-bond acceptors (Lipinski definition) is 5. The highest BCUT2D eigenvalue weighted by molar-refractivity contribution is 7.71. The number of H-pyrrole nitrogens is 1. The molecular weight excluding hydrogens is 433 g/mol. The van der Waals surface area contributed by atoms with Crippen LogP contribution in [0.4, 0.5) is 0 Å². The molecule has 0 bridgehead atoms. The van der Waals surface area contributed by atoms with Crippen LogP contribution in [0.25, 0.3) is 11.0 Å². The van der Waals surface area contributed by atoms with Crippen molar-refractivity contribution < 1.29 is 4.79 Å². The fraction of sp³-hybridized carbons (Fsp3) is 0.167. The largest absolute Gasteiger partial charge is 0.271 e. The van der Waals surface area contributed by atoms with Crippen LogP contribution < -0.4 is 5.01 Å². The zero-order valence-electron chi connectivity index (χ0n) is 14.7. The standard InChI is InChI=1S/C18H13Cl2N7OS/c19-11-5-3-4-10(8-11)16-15(20)17(28)27(16)26-14(22-23-18(26)29)9-25-13-7-2-1-6-12(13)21-24-25/h1-8,15-16H,9H2,(H,23,29). The lowest BCUT2D eigenvalue weighted by atomic mass is 9.95. The van der Waals surface area contributed by atoms with E-state index in [1.54, 1.807) is 21.5 Å². The Balaban J connectivity index is 1.55. The number of nitrogens with zero attached hydrogens (tertiary/aromatic N) is 6. The smallest absolute Gasteiger partial charge is 0.262 e. The lowest BCUT2D eigenvalue weighted by Gasteiger charge is -2.44. The number of para-hydroxylation sites is 1. The summed E-state index contributed by atoms with van der Waals surface area (Å²) in [5.41, 5.74) is 2.44. The highest BCUT2D eigenvalue weighted by atomic mass is 35.5. The number of halogens is 2. The van der Waals surface area contributed by atoms with E-state index in [-0.39, 0.29) is 17.2 Å². The molecule has 146 valence electrons. The number of hydrogen-bond donors (Lipinski definition) is 1. The van der Waals surface area contributed by atoms with Gasteiger partial charge < -0.3 is 0 Å². The highest BCUT2D eigenvalue weighted by Gasteiger charge is 2.49. The van der Waals surface area contributed by atoms with Gasteiger partial charge in [-0.15, -0.1) is 16.7 Å². The summed E-state index contributed by atoms with van der Waals surface area (Å²) in [6.45, 7) is 0.270. The molecule has 1 aliphatic rings. The highest BCUT2D eigenvalue weighted by Crippen LogP contribution is 2.38. The molecule has 0 saturated carbocycles. The summed E-state index contributed by atoms with van der Waals surface area (Å²) in [6.07, 6.45) is 0. The SMILES string of the molecule is O=C1C(Cl)C(c2cccc(Cl)c2)N1n1c(Cn2nnc3ccccc32)n[nH]c1=S. The molecule has 4 aromatic rings. The quantitative estimate of drug-likeness (QED) is 0.296. The van der Waals surface area contributed by atoms with Gasteiger partial charge in [-0.05, 0) is 42.0 Å². The summed E-state index contributed by atoms with van der Waals surface area (Å²) in [7, 11) is 0. The van der Waals surface area contributed by atoms with Gasteiger partial charge in [-0.25, -0.2) is 14.4 Å². The van der Waals surface area contributed by atoms with E-state index in [0.717, 1.165) is 16.6 Å². The zero-order valence-corrected chi connectivity index (χ0v) is 17.1. The molecular formula is C18H13Cl2N7OS. The summed E-state index contributed by atoms with van der Waals surface area (Å²) in [6, 6.07) is 14.4. The van der Waals surface area contributed by atoms with Gasteiger partial charge in [0.15, 0.2) is 5.82 Å². The molecule has 0 radical (unpaired) electrons. The predicted octanol–water partition coefficient (Wildman–Crippen LogP) is 3.21. The first-order chi connectivity index (χ1) is 14.0. The van der Waals surface area contributed by atoms with E-state index in [1.165, 1.54) is 5.01 Å². The van der Waals surface area contributed by atoms with Crippen LogP contribution in [0.3, 0.4) is 0 Å². The van der Waals surface area contributed by atoms with Crippen molar-refractivity contribution in [3.05, 3.63) is 69.7 Å². The minimum absolute atomic E-state index is 0.265. The number of fused-ring (bicyclic) bond motifs is 1. The number of benzene rings is 2. The Bertz CT molecular complexity index is 1300. The molecule has 8 nitrogen and oxygen atoms in total. The second-order valence-electron chi connectivity index (χ2n) is 6.58. The van der Waals surface area contributed by atoms with E-state index < -0.39 is 11.4 Å². The number of amides is 1. The first-order valence-corrected chi connectivity index (χ1v) is 9.94. The van der Waals surface area contributed by atoms with E-state index in [4.69, 9.17) is 35.4 Å². The maximum atomic E-state index is 12.7. The van der Waals surface area contributed by atoms with E-state index in [9.17, 15) is 4.79 Å². The van der Waals surface area contributed by atoms with Gasteiger partial charge in [0.2, 0.25) is 4.77 Å². The molecule has 1 N–H and O–H groups in total.